The third-order valence-electron chi connectivity index (χ3n) is 5.65. The lowest BCUT2D eigenvalue weighted by Gasteiger charge is -2.36. The summed E-state index contributed by atoms with van der Waals surface area (Å²) in [5.74, 6) is 0.956. The van der Waals surface area contributed by atoms with Gasteiger partial charge in [-0.1, -0.05) is 29.5 Å². The van der Waals surface area contributed by atoms with E-state index in [1.807, 2.05) is 47.3 Å². The second kappa shape index (κ2) is 9.63. The molecule has 0 spiro atoms. The number of ether oxygens (including phenoxy) is 1. The number of rotatable bonds is 8. The Morgan fingerprint density at radius 1 is 0.933 bits per heavy atom. The number of methoxy groups -OCH3 is 1. The number of hydrogen-bond acceptors (Lipinski definition) is 6. The van der Waals surface area contributed by atoms with Crippen molar-refractivity contribution in [2.45, 2.75) is 19.4 Å². The molecular formula is C23H30N6O. The Hall–Kier alpha value is -3.06. The predicted molar refractivity (Wildman–Crippen MR) is 121 cm³/mol. The van der Waals surface area contributed by atoms with E-state index < -0.39 is 0 Å². The van der Waals surface area contributed by atoms with Crippen LogP contribution in [0.4, 0.5) is 11.4 Å². The molecule has 1 aromatic heterocycles. The maximum Gasteiger partial charge on any atom is 0.142 e. The molecule has 0 atom stereocenters. The van der Waals surface area contributed by atoms with Crippen LogP contribution in [0.15, 0.2) is 54.7 Å². The third kappa shape index (κ3) is 4.91. The molecule has 2 heterocycles. The van der Waals surface area contributed by atoms with Crippen LogP contribution in [0, 0.1) is 0 Å². The minimum atomic E-state index is 0.759. The second-order valence-corrected chi connectivity index (χ2v) is 7.70. The summed E-state index contributed by atoms with van der Waals surface area (Å²) in [7, 11) is 1.74. The SMILES string of the molecule is COc1ccccc1N1CCN(CCCCn2cc(-c3ccc(N)cc3)nn2)CC1. The maximum atomic E-state index is 5.75. The van der Waals surface area contributed by atoms with Crippen LogP contribution in [0.2, 0.25) is 0 Å². The number of nitrogen functional groups attached to an aromatic ring is 1. The molecule has 0 radical (unpaired) electrons. The van der Waals surface area contributed by atoms with Gasteiger partial charge in [0, 0.05) is 44.0 Å². The number of piperazine rings is 1. The van der Waals surface area contributed by atoms with Crippen molar-refractivity contribution in [2.75, 3.05) is 50.5 Å². The van der Waals surface area contributed by atoms with Crippen molar-refractivity contribution in [3.8, 4) is 17.0 Å². The lowest BCUT2D eigenvalue weighted by Crippen LogP contribution is -2.46. The van der Waals surface area contributed by atoms with Crippen LogP contribution in [-0.2, 0) is 6.54 Å². The Balaban J connectivity index is 1.19. The number of benzene rings is 2. The largest absolute Gasteiger partial charge is 0.495 e. The summed E-state index contributed by atoms with van der Waals surface area (Å²) in [6.45, 7) is 6.26. The first kappa shape index (κ1) is 20.2. The monoisotopic (exact) mass is 406 g/mol. The van der Waals surface area contributed by atoms with Crippen molar-refractivity contribution in [1.29, 1.82) is 0 Å². The maximum absolute atomic E-state index is 5.75. The van der Waals surface area contributed by atoms with Gasteiger partial charge in [-0.2, -0.15) is 0 Å². The number of aromatic nitrogens is 3. The van der Waals surface area contributed by atoms with Crippen LogP contribution in [0.1, 0.15) is 12.8 Å². The fourth-order valence-electron chi connectivity index (χ4n) is 3.91. The summed E-state index contributed by atoms with van der Waals surface area (Å²) in [6.07, 6.45) is 4.26. The molecular weight excluding hydrogens is 376 g/mol. The van der Waals surface area contributed by atoms with Crippen LogP contribution < -0.4 is 15.4 Å². The van der Waals surface area contributed by atoms with Crippen LogP contribution in [0.3, 0.4) is 0 Å². The van der Waals surface area contributed by atoms with E-state index in [2.05, 4.69) is 32.2 Å². The molecule has 2 aromatic carbocycles. The van der Waals surface area contributed by atoms with Crippen molar-refractivity contribution >= 4 is 11.4 Å². The zero-order valence-electron chi connectivity index (χ0n) is 17.6. The van der Waals surface area contributed by atoms with Crippen molar-refractivity contribution in [1.82, 2.24) is 19.9 Å². The molecule has 0 unspecified atom stereocenters. The first-order chi connectivity index (χ1) is 14.7. The third-order valence-corrected chi connectivity index (χ3v) is 5.65. The molecule has 0 saturated carbocycles. The Kier molecular flexibility index (Phi) is 6.49. The van der Waals surface area contributed by atoms with Crippen molar-refractivity contribution in [3.63, 3.8) is 0 Å². The van der Waals surface area contributed by atoms with Gasteiger partial charge in [0.2, 0.25) is 0 Å². The van der Waals surface area contributed by atoms with E-state index in [9.17, 15) is 0 Å². The van der Waals surface area contributed by atoms with Gasteiger partial charge in [-0.05, 0) is 43.7 Å². The van der Waals surface area contributed by atoms with Gasteiger partial charge in [-0.15, -0.1) is 5.10 Å². The van der Waals surface area contributed by atoms with Gasteiger partial charge in [0.25, 0.3) is 0 Å². The summed E-state index contributed by atoms with van der Waals surface area (Å²) >= 11 is 0. The van der Waals surface area contributed by atoms with E-state index in [0.717, 1.165) is 74.8 Å². The highest BCUT2D eigenvalue weighted by Gasteiger charge is 2.19. The Morgan fingerprint density at radius 3 is 2.43 bits per heavy atom. The highest BCUT2D eigenvalue weighted by Crippen LogP contribution is 2.28. The number of unbranched alkanes of at least 4 members (excludes halogenated alkanes) is 1. The molecule has 2 N–H and O–H groups in total. The average Bonchev–Trinajstić information content (AvgIpc) is 3.26. The first-order valence-electron chi connectivity index (χ1n) is 10.6. The number of para-hydroxylation sites is 2. The molecule has 3 aromatic rings. The fourth-order valence-corrected chi connectivity index (χ4v) is 3.91. The summed E-state index contributed by atoms with van der Waals surface area (Å²) < 4.78 is 7.44. The topological polar surface area (TPSA) is 72.4 Å². The molecule has 1 aliphatic heterocycles. The minimum absolute atomic E-state index is 0.759. The van der Waals surface area contributed by atoms with Crippen LogP contribution in [0.5, 0.6) is 5.75 Å². The van der Waals surface area contributed by atoms with Gasteiger partial charge in [-0.25, -0.2) is 0 Å². The molecule has 7 nitrogen and oxygen atoms in total. The zero-order valence-corrected chi connectivity index (χ0v) is 17.6. The van der Waals surface area contributed by atoms with Gasteiger partial charge < -0.3 is 15.4 Å². The molecule has 158 valence electrons. The Labute approximate surface area is 178 Å². The number of nitrogens with zero attached hydrogens (tertiary/aromatic N) is 5. The predicted octanol–water partition coefficient (Wildman–Crippen LogP) is 3.14. The van der Waals surface area contributed by atoms with E-state index in [-0.39, 0.29) is 0 Å². The molecule has 4 rings (SSSR count). The summed E-state index contributed by atoms with van der Waals surface area (Å²) in [5, 5.41) is 8.54. The summed E-state index contributed by atoms with van der Waals surface area (Å²) in [5.41, 5.74) is 9.64. The molecule has 30 heavy (non-hydrogen) atoms. The lowest BCUT2D eigenvalue weighted by molar-refractivity contribution is 0.250. The zero-order chi connectivity index (χ0) is 20.8. The van der Waals surface area contributed by atoms with E-state index in [4.69, 9.17) is 10.5 Å². The van der Waals surface area contributed by atoms with Gasteiger partial charge in [0.05, 0.1) is 19.0 Å². The van der Waals surface area contributed by atoms with Crippen LogP contribution >= 0.6 is 0 Å². The molecule has 0 aliphatic carbocycles. The normalized spacial score (nSPS) is 14.8. The van der Waals surface area contributed by atoms with Crippen LogP contribution in [-0.4, -0.2) is 59.7 Å². The average molecular weight is 407 g/mol. The summed E-state index contributed by atoms with van der Waals surface area (Å²) in [4.78, 5) is 4.97. The number of anilines is 2. The molecule has 7 heteroatoms. The number of nitrogens with two attached hydrogens (primary N) is 1. The molecule has 0 bridgehead atoms. The van der Waals surface area contributed by atoms with Crippen LogP contribution in [0.25, 0.3) is 11.3 Å². The summed E-state index contributed by atoms with van der Waals surface area (Å²) in [6, 6.07) is 16.0. The lowest BCUT2D eigenvalue weighted by atomic mass is 10.1. The molecule has 1 aliphatic rings. The van der Waals surface area contributed by atoms with E-state index in [0.29, 0.717) is 0 Å². The highest BCUT2D eigenvalue weighted by molar-refractivity contribution is 5.60. The van der Waals surface area contributed by atoms with Gasteiger partial charge in [0.15, 0.2) is 0 Å². The fraction of sp³-hybridized carbons (Fsp3) is 0.391. The quantitative estimate of drug-likeness (QED) is 0.458. The minimum Gasteiger partial charge on any atom is -0.495 e. The van der Waals surface area contributed by atoms with Crippen molar-refractivity contribution in [3.05, 3.63) is 54.7 Å². The van der Waals surface area contributed by atoms with E-state index in [1.54, 1.807) is 7.11 Å². The highest BCUT2D eigenvalue weighted by atomic mass is 16.5. The number of aryl methyl sites for hydroxylation is 1. The molecule has 1 fully saturated rings. The first-order valence-corrected chi connectivity index (χ1v) is 10.6. The van der Waals surface area contributed by atoms with Gasteiger partial charge in [-0.3, -0.25) is 9.58 Å². The standard InChI is InChI=1S/C23H30N6O/c1-30-23-7-3-2-6-22(23)28-16-14-27(15-17-28)12-4-5-13-29-18-21(25-26-29)19-8-10-20(24)11-9-19/h2-3,6-11,18H,4-5,12-17,24H2,1H3. The van der Waals surface area contributed by atoms with Gasteiger partial charge >= 0.3 is 0 Å². The van der Waals surface area contributed by atoms with Crippen molar-refractivity contribution in [2.24, 2.45) is 0 Å². The Morgan fingerprint density at radius 2 is 1.67 bits per heavy atom. The second-order valence-electron chi connectivity index (χ2n) is 7.70. The van der Waals surface area contributed by atoms with E-state index >= 15 is 0 Å². The molecule has 0 amide bonds. The number of hydrogen-bond donors (Lipinski definition) is 1. The van der Waals surface area contributed by atoms with Gasteiger partial charge in [0.1, 0.15) is 11.4 Å². The van der Waals surface area contributed by atoms with Crippen molar-refractivity contribution < 1.29 is 4.74 Å². The smallest absolute Gasteiger partial charge is 0.142 e. The Bertz CT molecular complexity index is 931. The molecule has 1 saturated heterocycles. The van der Waals surface area contributed by atoms with E-state index in [1.165, 1.54) is 5.69 Å².